The Hall–Kier alpha value is -1.84. The number of fused-ring (bicyclic) bond motifs is 3. The Kier molecular flexibility index (Phi) is 3.04. The number of aliphatic carboxylic acids is 1. The van der Waals surface area contributed by atoms with Gasteiger partial charge in [0.1, 0.15) is 5.75 Å². The van der Waals surface area contributed by atoms with Crippen LogP contribution in [0.3, 0.4) is 0 Å². The van der Waals surface area contributed by atoms with Gasteiger partial charge in [-0.2, -0.15) is 0 Å². The SMILES string of the molecule is COc1ccc2c(c1)[C@]1(C(=O)O)CCCC[C@@H]1CC2=O. The number of hydrogen-bond donors (Lipinski definition) is 1. The lowest BCUT2D eigenvalue weighted by molar-refractivity contribution is -0.148. The maximum absolute atomic E-state index is 12.3. The maximum atomic E-state index is 12.3. The molecule has 20 heavy (non-hydrogen) atoms. The maximum Gasteiger partial charge on any atom is 0.314 e. The van der Waals surface area contributed by atoms with Gasteiger partial charge in [0.2, 0.25) is 0 Å². The Labute approximate surface area is 117 Å². The predicted molar refractivity (Wildman–Crippen MR) is 73.2 cm³/mol. The molecule has 1 aromatic carbocycles. The Morgan fingerprint density at radius 3 is 2.90 bits per heavy atom. The van der Waals surface area contributed by atoms with Gasteiger partial charge in [0.25, 0.3) is 0 Å². The van der Waals surface area contributed by atoms with Crippen LogP contribution in [-0.4, -0.2) is 24.0 Å². The van der Waals surface area contributed by atoms with Crippen molar-refractivity contribution in [3.05, 3.63) is 29.3 Å². The molecule has 1 aromatic rings. The molecular weight excluding hydrogens is 256 g/mol. The van der Waals surface area contributed by atoms with E-state index < -0.39 is 11.4 Å². The molecule has 1 saturated carbocycles. The minimum absolute atomic E-state index is 0.0615. The van der Waals surface area contributed by atoms with Gasteiger partial charge in [-0.15, -0.1) is 0 Å². The molecule has 4 heteroatoms. The highest BCUT2D eigenvalue weighted by molar-refractivity contribution is 6.03. The molecule has 4 nitrogen and oxygen atoms in total. The number of carbonyl (C=O) groups is 2. The number of hydrogen-bond acceptors (Lipinski definition) is 3. The minimum atomic E-state index is -0.907. The molecular formula is C16H18O4. The molecule has 0 heterocycles. The lowest BCUT2D eigenvalue weighted by Gasteiger charge is -2.44. The molecule has 0 radical (unpaired) electrons. The summed E-state index contributed by atoms with van der Waals surface area (Å²) in [4.78, 5) is 24.3. The van der Waals surface area contributed by atoms with E-state index in [9.17, 15) is 14.7 Å². The van der Waals surface area contributed by atoms with Crippen molar-refractivity contribution in [2.24, 2.45) is 5.92 Å². The first-order chi connectivity index (χ1) is 9.59. The first-order valence-corrected chi connectivity index (χ1v) is 7.04. The first-order valence-electron chi connectivity index (χ1n) is 7.04. The van der Waals surface area contributed by atoms with Crippen molar-refractivity contribution in [1.29, 1.82) is 0 Å². The van der Waals surface area contributed by atoms with Crippen molar-refractivity contribution < 1.29 is 19.4 Å². The summed E-state index contributed by atoms with van der Waals surface area (Å²) < 4.78 is 5.22. The average Bonchev–Trinajstić information content (AvgIpc) is 2.46. The Bertz CT molecular complexity index is 578. The second-order valence-corrected chi connectivity index (χ2v) is 5.76. The molecule has 0 bridgehead atoms. The van der Waals surface area contributed by atoms with Gasteiger partial charge >= 0.3 is 5.97 Å². The second-order valence-electron chi connectivity index (χ2n) is 5.76. The summed E-state index contributed by atoms with van der Waals surface area (Å²) in [6.07, 6.45) is 3.68. The third-order valence-electron chi connectivity index (χ3n) is 4.89. The molecule has 0 aromatic heterocycles. The van der Waals surface area contributed by atoms with Crippen LogP contribution in [0, 0.1) is 5.92 Å². The number of carboxylic acid groups (broad SMARTS) is 1. The summed E-state index contributed by atoms with van der Waals surface area (Å²) in [7, 11) is 1.55. The van der Waals surface area contributed by atoms with Gasteiger partial charge in [-0.1, -0.05) is 12.8 Å². The molecule has 0 spiro atoms. The predicted octanol–water partition coefficient (Wildman–Crippen LogP) is 2.79. The molecule has 1 fully saturated rings. The third kappa shape index (κ3) is 1.67. The fourth-order valence-electron chi connectivity index (χ4n) is 3.87. The fourth-order valence-corrected chi connectivity index (χ4v) is 3.87. The quantitative estimate of drug-likeness (QED) is 0.900. The van der Waals surface area contributed by atoms with Crippen LogP contribution in [0.25, 0.3) is 0 Å². The lowest BCUT2D eigenvalue weighted by atomic mass is 9.57. The van der Waals surface area contributed by atoms with E-state index in [2.05, 4.69) is 0 Å². The standard InChI is InChI=1S/C16H18O4/c1-20-11-5-6-12-13(9-11)16(15(18)19)7-3-2-4-10(16)8-14(12)17/h5-6,9-10H,2-4,7-8H2,1H3,(H,18,19)/t10-,16+/m1/s1. The van der Waals surface area contributed by atoms with Gasteiger partial charge < -0.3 is 9.84 Å². The largest absolute Gasteiger partial charge is 0.497 e. The molecule has 2 atom stereocenters. The number of carboxylic acids is 1. The number of rotatable bonds is 2. The van der Waals surface area contributed by atoms with E-state index in [1.54, 1.807) is 25.3 Å². The van der Waals surface area contributed by atoms with E-state index in [-0.39, 0.29) is 11.7 Å². The van der Waals surface area contributed by atoms with Crippen LogP contribution < -0.4 is 4.74 Å². The Balaban J connectivity index is 2.24. The van der Waals surface area contributed by atoms with Crippen LogP contribution in [0.15, 0.2) is 18.2 Å². The van der Waals surface area contributed by atoms with Crippen LogP contribution >= 0.6 is 0 Å². The highest BCUT2D eigenvalue weighted by Crippen LogP contribution is 2.50. The summed E-state index contributed by atoms with van der Waals surface area (Å²) >= 11 is 0. The van der Waals surface area contributed by atoms with Crippen molar-refractivity contribution in [2.45, 2.75) is 37.5 Å². The van der Waals surface area contributed by atoms with Gasteiger partial charge in [-0.25, -0.2) is 0 Å². The zero-order valence-electron chi connectivity index (χ0n) is 11.5. The van der Waals surface area contributed by atoms with E-state index in [4.69, 9.17) is 4.74 Å². The number of ether oxygens (including phenoxy) is 1. The topological polar surface area (TPSA) is 63.6 Å². The molecule has 106 valence electrons. The second kappa shape index (κ2) is 4.62. The van der Waals surface area contributed by atoms with Gasteiger partial charge in [-0.3, -0.25) is 9.59 Å². The number of carbonyl (C=O) groups excluding carboxylic acids is 1. The van der Waals surface area contributed by atoms with E-state index >= 15 is 0 Å². The zero-order chi connectivity index (χ0) is 14.3. The normalized spacial score (nSPS) is 28.4. The third-order valence-corrected chi connectivity index (χ3v) is 4.89. The van der Waals surface area contributed by atoms with Crippen LogP contribution in [0.4, 0.5) is 0 Å². The molecule has 2 aliphatic rings. The van der Waals surface area contributed by atoms with Gasteiger partial charge in [0.15, 0.2) is 5.78 Å². The number of benzene rings is 1. The van der Waals surface area contributed by atoms with Crippen LogP contribution in [0.5, 0.6) is 5.75 Å². The van der Waals surface area contributed by atoms with Crippen molar-refractivity contribution in [3.63, 3.8) is 0 Å². The number of methoxy groups -OCH3 is 1. The average molecular weight is 274 g/mol. The fraction of sp³-hybridized carbons (Fsp3) is 0.500. The van der Waals surface area contributed by atoms with Crippen LogP contribution in [0.2, 0.25) is 0 Å². The van der Waals surface area contributed by atoms with Gasteiger partial charge in [0.05, 0.1) is 12.5 Å². The van der Waals surface area contributed by atoms with Crippen molar-refractivity contribution in [3.8, 4) is 5.75 Å². The van der Waals surface area contributed by atoms with Gasteiger partial charge in [0, 0.05) is 12.0 Å². The first kappa shape index (κ1) is 13.2. The highest BCUT2D eigenvalue weighted by atomic mass is 16.5. The van der Waals surface area contributed by atoms with Crippen LogP contribution in [0.1, 0.15) is 48.0 Å². The smallest absolute Gasteiger partial charge is 0.314 e. The molecule has 0 unspecified atom stereocenters. The summed E-state index contributed by atoms with van der Waals surface area (Å²) in [6, 6.07) is 5.19. The summed E-state index contributed by atoms with van der Waals surface area (Å²) in [6.45, 7) is 0. The van der Waals surface area contributed by atoms with Crippen molar-refractivity contribution in [2.75, 3.05) is 7.11 Å². The summed E-state index contributed by atoms with van der Waals surface area (Å²) in [5.41, 5.74) is 0.312. The molecule has 2 aliphatic carbocycles. The molecule has 0 saturated heterocycles. The Morgan fingerprint density at radius 1 is 1.40 bits per heavy atom. The van der Waals surface area contributed by atoms with E-state index in [0.29, 0.717) is 29.7 Å². The van der Waals surface area contributed by atoms with Crippen LogP contribution in [-0.2, 0) is 10.2 Å². The van der Waals surface area contributed by atoms with E-state index in [1.165, 1.54) is 0 Å². The molecule has 0 aliphatic heterocycles. The Morgan fingerprint density at radius 2 is 2.20 bits per heavy atom. The monoisotopic (exact) mass is 274 g/mol. The number of ketones is 1. The minimum Gasteiger partial charge on any atom is -0.497 e. The lowest BCUT2D eigenvalue weighted by Crippen LogP contribution is -2.49. The molecule has 3 rings (SSSR count). The summed E-state index contributed by atoms with van der Waals surface area (Å²) in [5, 5.41) is 9.87. The van der Waals surface area contributed by atoms with E-state index in [1.807, 2.05) is 0 Å². The number of Topliss-reactive ketones (excluding diaryl/α,β-unsaturated/α-hetero) is 1. The van der Waals surface area contributed by atoms with Crippen molar-refractivity contribution >= 4 is 11.8 Å². The van der Waals surface area contributed by atoms with Gasteiger partial charge in [-0.05, 0) is 42.5 Å². The molecule has 1 N–H and O–H groups in total. The van der Waals surface area contributed by atoms with E-state index in [0.717, 1.165) is 19.3 Å². The summed E-state index contributed by atoms with van der Waals surface area (Å²) in [5.74, 6) is -0.208. The van der Waals surface area contributed by atoms with Crippen molar-refractivity contribution in [1.82, 2.24) is 0 Å². The highest BCUT2D eigenvalue weighted by Gasteiger charge is 2.53. The zero-order valence-corrected chi connectivity index (χ0v) is 11.5. The molecule has 0 amide bonds.